The van der Waals surface area contributed by atoms with Crippen molar-refractivity contribution in [3.05, 3.63) is 0 Å². The second-order valence-electron chi connectivity index (χ2n) is 12.3. The van der Waals surface area contributed by atoms with Gasteiger partial charge < -0.3 is 9.84 Å². The van der Waals surface area contributed by atoms with E-state index in [0.717, 1.165) is 44.8 Å². The van der Waals surface area contributed by atoms with E-state index in [0.29, 0.717) is 41.9 Å². The predicted molar refractivity (Wildman–Crippen MR) is 127 cm³/mol. The summed E-state index contributed by atoms with van der Waals surface area (Å²) in [5.74, 6) is 2.60. The Morgan fingerprint density at radius 1 is 1.06 bits per heavy atom. The van der Waals surface area contributed by atoms with E-state index in [9.17, 15) is 18.3 Å². The summed E-state index contributed by atoms with van der Waals surface area (Å²) in [5.41, 5.74) is 0.370. The van der Waals surface area contributed by atoms with E-state index in [4.69, 9.17) is 8.92 Å². The number of ether oxygens (including phenoxy) is 1. The third-order valence-electron chi connectivity index (χ3n) is 10.7. The summed E-state index contributed by atoms with van der Waals surface area (Å²) in [6.45, 7) is 7.16. The fourth-order valence-corrected chi connectivity index (χ4v) is 9.81. The maximum absolute atomic E-state index is 11.7. The van der Waals surface area contributed by atoms with E-state index in [2.05, 4.69) is 20.8 Å². The maximum Gasteiger partial charge on any atom is 0.305 e. The minimum Gasteiger partial charge on any atom is -0.469 e. The summed E-state index contributed by atoms with van der Waals surface area (Å²) in [7, 11) is -2.00. The molecule has 0 aliphatic heterocycles. The molecule has 0 amide bonds. The second kappa shape index (κ2) is 9.09. The Bertz CT molecular complexity index is 842. The molecule has 10 atom stereocenters. The molecule has 0 spiro atoms. The molecule has 0 aromatic rings. The smallest absolute Gasteiger partial charge is 0.305 e. The van der Waals surface area contributed by atoms with E-state index >= 15 is 0 Å². The number of fused-ring (bicyclic) bond motifs is 5. The SMILES string of the molecule is COC(=O)CC[C@@H](C)[C@H]1CC[C@@H]2C3C(O)CC4C[C@@H](OS(C)(=O)=O)CC[C@]4(C)[C@@H]3CC[C@@]21C. The minimum absolute atomic E-state index is 0.123. The normalized spacial score (nSPS) is 46.1. The molecule has 0 bridgehead atoms. The number of hydrogen-bond donors (Lipinski definition) is 1. The molecule has 33 heavy (non-hydrogen) atoms. The van der Waals surface area contributed by atoms with Crippen LogP contribution in [0.15, 0.2) is 0 Å². The number of aliphatic hydroxyl groups is 1. The first-order chi connectivity index (χ1) is 15.4. The molecular formula is C26H44O6S. The average molecular weight is 485 g/mol. The average Bonchev–Trinajstić information content (AvgIpc) is 3.09. The van der Waals surface area contributed by atoms with Crippen LogP contribution in [0, 0.1) is 46.3 Å². The standard InChI is InChI=1S/C26H44O6S/c1-16(6-9-23(28)31-4)19-7-8-20-24-21(11-13-26(19,20)3)25(2)12-10-18(32-33(5,29)30)14-17(25)15-22(24)27/h16-22,24,27H,6-15H2,1-5H3/t16-,17?,18+,19-,20-,21-,22?,24?,25+,26-/m1/s1. The number of methoxy groups -OCH3 is 1. The van der Waals surface area contributed by atoms with E-state index in [-0.39, 0.29) is 29.0 Å². The molecule has 4 aliphatic carbocycles. The van der Waals surface area contributed by atoms with E-state index < -0.39 is 10.1 Å². The molecule has 3 unspecified atom stereocenters. The Labute approximate surface area is 200 Å². The lowest BCUT2D eigenvalue weighted by atomic mass is 9.43. The van der Waals surface area contributed by atoms with E-state index in [1.807, 2.05) is 0 Å². The summed E-state index contributed by atoms with van der Waals surface area (Å²) in [6.07, 6.45) is 9.87. The van der Waals surface area contributed by atoms with Crippen molar-refractivity contribution in [2.75, 3.05) is 13.4 Å². The molecule has 4 aliphatic rings. The first kappa shape index (κ1) is 25.4. The van der Waals surface area contributed by atoms with Gasteiger partial charge in [-0.3, -0.25) is 8.98 Å². The number of hydrogen-bond acceptors (Lipinski definition) is 6. The lowest BCUT2D eigenvalue weighted by Crippen LogP contribution is -2.58. The summed E-state index contributed by atoms with van der Waals surface area (Å²) < 4.78 is 33.6. The van der Waals surface area contributed by atoms with Crippen LogP contribution in [0.5, 0.6) is 0 Å². The van der Waals surface area contributed by atoms with Crippen molar-refractivity contribution in [1.82, 2.24) is 0 Å². The molecular weight excluding hydrogens is 440 g/mol. The third-order valence-corrected chi connectivity index (χ3v) is 11.4. The van der Waals surface area contributed by atoms with E-state index in [1.54, 1.807) is 0 Å². The van der Waals surface area contributed by atoms with Crippen LogP contribution in [-0.4, -0.2) is 45.1 Å². The molecule has 0 saturated heterocycles. The lowest BCUT2D eigenvalue weighted by molar-refractivity contribution is -0.172. The van der Waals surface area contributed by atoms with Crippen molar-refractivity contribution < 1.29 is 27.2 Å². The van der Waals surface area contributed by atoms with Crippen molar-refractivity contribution in [3.8, 4) is 0 Å². The van der Waals surface area contributed by atoms with Crippen LogP contribution in [0.4, 0.5) is 0 Å². The van der Waals surface area contributed by atoms with Gasteiger partial charge in [0.25, 0.3) is 10.1 Å². The second-order valence-corrected chi connectivity index (χ2v) is 13.9. The van der Waals surface area contributed by atoms with Crippen LogP contribution in [0.2, 0.25) is 0 Å². The highest BCUT2D eigenvalue weighted by Crippen LogP contribution is 2.68. The first-order valence-corrected chi connectivity index (χ1v) is 14.8. The third kappa shape index (κ3) is 4.63. The van der Waals surface area contributed by atoms with Gasteiger partial charge in [-0.05, 0) is 104 Å². The summed E-state index contributed by atoms with van der Waals surface area (Å²) >= 11 is 0. The molecule has 6 nitrogen and oxygen atoms in total. The Morgan fingerprint density at radius 2 is 1.73 bits per heavy atom. The molecule has 190 valence electrons. The number of carbonyl (C=O) groups is 1. The van der Waals surface area contributed by atoms with Gasteiger partial charge in [-0.1, -0.05) is 20.8 Å². The van der Waals surface area contributed by atoms with Gasteiger partial charge in [0.1, 0.15) is 0 Å². The van der Waals surface area contributed by atoms with Gasteiger partial charge in [0.05, 0.1) is 25.6 Å². The molecule has 4 saturated carbocycles. The molecule has 0 aromatic heterocycles. The van der Waals surface area contributed by atoms with Crippen LogP contribution >= 0.6 is 0 Å². The number of aliphatic hydroxyl groups excluding tert-OH is 1. The van der Waals surface area contributed by atoms with E-state index in [1.165, 1.54) is 26.4 Å². The van der Waals surface area contributed by atoms with Crippen molar-refractivity contribution in [2.45, 2.75) is 97.2 Å². The minimum atomic E-state index is -3.46. The molecule has 0 radical (unpaired) electrons. The summed E-state index contributed by atoms with van der Waals surface area (Å²) in [4.78, 5) is 11.7. The largest absolute Gasteiger partial charge is 0.469 e. The lowest BCUT2D eigenvalue weighted by Gasteiger charge is -2.62. The topological polar surface area (TPSA) is 89.9 Å². The molecule has 4 rings (SSSR count). The zero-order valence-electron chi connectivity index (χ0n) is 21.1. The van der Waals surface area contributed by atoms with Crippen molar-refractivity contribution in [3.63, 3.8) is 0 Å². The zero-order valence-corrected chi connectivity index (χ0v) is 21.9. The van der Waals surface area contributed by atoms with Crippen molar-refractivity contribution in [2.24, 2.45) is 46.3 Å². The predicted octanol–water partition coefficient (Wildman–Crippen LogP) is 4.55. The van der Waals surface area contributed by atoms with Crippen molar-refractivity contribution >= 4 is 16.1 Å². The number of rotatable bonds is 6. The van der Waals surface area contributed by atoms with Gasteiger partial charge >= 0.3 is 5.97 Å². The van der Waals surface area contributed by atoms with Gasteiger partial charge in [-0.15, -0.1) is 0 Å². The van der Waals surface area contributed by atoms with Crippen molar-refractivity contribution in [1.29, 1.82) is 0 Å². The monoisotopic (exact) mass is 484 g/mol. The van der Waals surface area contributed by atoms with Gasteiger partial charge in [-0.25, -0.2) is 0 Å². The van der Waals surface area contributed by atoms with Crippen LogP contribution in [0.1, 0.15) is 85.0 Å². The highest BCUT2D eigenvalue weighted by Gasteiger charge is 2.63. The zero-order chi connectivity index (χ0) is 24.2. The van der Waals surface area contributed by atoms with Gasteiger partial charge in [-0.2, -0.15) is 8.42 Å². The fourth-order valence-electron chi connectivity index (χ4n) is 9.14. The molecule has 0 heterocycles. The van der Waals surface area contributed by atoms with Gasteiger partial charge in [0.15, 0.2) is 0 Å². The Balaban J connectivity index is 1.50. The molecule has 1 N–H and O–H groups in total. The highest BCUT2D eigenvalue weighted by atomic mass is 32.2. The quantitative estimate of drug-likeness (QED) is 0.439. The fraction of sp³-hybridized carbons (Fsp3) is 0.962. The first-order valence-electron chi connectivity index (χ1n) is 13.0. The van der Waals surface area contributed by atoms with Gasteiger partial charge in [0.2, 0.25) is 0 Å². The summed E-state index contributed by atoms with van der Waals surface area (Å²) in [5, 5.41) is 11.5. The van der Waals surface area contributed by atoms with Crippen LogP contribution in [0.3, 0.4) is 0 Å². The Morgan fingerprint density at radius 3 is 2.39 bits per heavy atom. The maximum atomic E-state index is 11.7. The molecule has 0 aromatic carbocycles. The molecule has 4 fully saturated rings. The van der Waals surface area contributed by atoms with Crippen LogP contribution in [-0.2, 0) is 23.8 Å². The van der Waals surface area contributed by atoms with Crippen LogP contribution in [0.25, 0.3) is 0 Å². The summed E-state index contributed by atoms with van der Waals surface area (Å²) in [6, 6.07) is 0. The Hall–Kier alpha value is -0.660. The molecule has 7 heteroatoms. The van der Waals surface area contributed by atoms with Gasteiger partial charge in [0, 0.05) is 6.42 Å². The van der Waals surface area contributed by atoms with Crippen LogP contribution < -0.4 is 0 Å². The Kier molecular flexibility index (Phi) is 7.00. The number of esters is 1. The number of carbonyl (C=O) groups excluding carboxylic acids is 1. The highest BCUT2D eigenvalue weighted by molar-refractivity contribution is 7.86.